The summed E-state index contributed by atoms with van der Waals surface area (Å²) in [7, 11) is 1.84. The van der Waals surface area contributed by atoms with Gasteiger partial charge >= 0.3 is 12.4 Å². The van der Waals surface area contributed by atoms with Crippen LogP contribution >= 0.6 is 0 Å². The summed E-state index contributed by atoms with van der Waals surface area (Å²) in [6, 6.07) is 4.74. The topological polar surface area (TPSA) is 43.6 Å². The van der Waals surface area contributed by atoms with Gasteiger partial charge in [-0.3, -0.25) is 4.98 Å². The van der Waals surface area contributed by atoms with Crippen LogP contribution in [0, 0.1) is 6.92 Å². The first kappa shape index (κ1) is 26.4. The van der Waals surface area contributed by atoms with Gasteiger partial charge in [0.1, 0.15) is 16.9 Å². The molecule has 4 nitrogen and oxygen atoms in total. The average molecular weight is 519 g/mol. The highest BCUT2D eigenvalue weighted by atomic mass is 19.4. The van der Waals surface area contributed by atoms with Crippen LogP contribution in [0.1, 0.15) is 47.1 Å². The summed E-state index contributed by atoms with van der Waals surface area (Å²) >= 11 is 0. The standard InChI is InChI=1S/C27H24F6N4/c1-4-5-6-7-8-18-16(2)9-13-21-23(18)36-22(37(21)3)14-10-17-15-34-24-19(26(28,29)30)11-12-20(25(24)35-17)27(31,32)33/h5-9,11-13,15H,4,10,14H2,1-3H3/b6-5+,8-7-. The van der Waals surface area contributed by atoms with Crippen molar-refractivity contribution in [3.63, 3.8) is 0 Å². The van der Waals surface area contributed by atoms with Crippen molar-refractivity contribution in [2.75, 3.05) is 0 Å². The first-order chi connectivity index (χ1) is 17.4. The maximum Gasteiger partial charge on any atom is 0.418 e. The van der Waals surface area contributed by atoms with Gasteiger partial charge in [0.05, 0.1) is 27.9 Å². The Bertz CT molecular complexity index is 1510. The normalized spacial score (nSPS) is 13.1. The van der Waals surface area contributed by atoms with Crippen molar-refractivity contribution < 1.29 is 26.3 Å². The molecule has 0 aliphatic heterocycles. The van der Waals surface area contributed by atoms with Gasteiger partial charge in [-0.2, -0.15) is 26.3 Å². The van der Waals surface area contributed by atoms with Gasteiger partial charge in [-0.15, -0.1) is 0 Å². The third kappa shape index (κ3) is 5.38. The smallest absolute Gasteiger partial charge is 0.331 e. The number of aromatic nitrogens is 4. The third-order valence-electron chi connectivity index (χ3n) is 6.11. The van der Waals surface area contributed by atoms with Crippen molar-refractivity contribution in [1.82, 2.24) is 19.5 Å². The van der Waals surface area contributed by atoms with Crippen molar-refractivity contribution in [3.05, 3.63) is 82.5 Å². The number of hydrogen-bond donors (Lipinski definition) is 0. The molecule has 0 N–H and O–H groups in total. The minimum Gasteiger partial charge on any atom is -0.331 e. The molecule has 4 rings (SSSR count). The number of nitrogens with zero attached hydrogens (tertiary/aromatic N) is 4. The third-order valence-corrected chi connectivity index (χ3v) is 6.11. The van der Waals surface area contributed by atoms with Crippen LogP contribution in [-0.2, 0) is 32.2 Å². The van der Waals surface area contributed by atoms with Crippen molar-refractivity contribution in [3.8, 4) is 0 Å². The van der Waals surface area contributed by atoms with Crippen molar-refractivity contribution in [2.45, 2.75) is 45.5 Å². The SMILES string of the molecule is CC/C=C/C=C\c1c(C)ccc2c1nc(CCc1cnc3c(C(F)(F)F)ccc(C(F)(F)F)c3n1)n2C. The molecule has 10 heteroatoms. The predicted octanol–water partition coefficient (Wildman–Crippen LogP) is 7.63. The number of halogens is 6. The molecule has 0 atom stereocenters. The lowest BCUT2D eigenvalue weighted by molar-refractivity contribution is -0.139. The molecule has 0 bridgehead atoms. The lowest BCUT2D eigenvalue weighted by Crippen LogP contribution is -2.13. The number of benzene rings is 2. The largest absolute Gasteiger partial charge is 0.418 e. The second-order valence-electron chi connectivity index (χ2n) is 8.66. The minimum atomic E-state index is -4.87. The fraction of sp³-hybridized carbons (Fsp3) is 0.296. The van der Waals surface area contributed by atoms with Crippen LogP contribution in [0.3, 0.4) is 0 Å². The van der Waals surface area contributed by atoms with Crippen molar-refractivity contribution >= 4 is 28.1 Å². The summed E-state index contributed by atoms with van der Waals surface area (Å²) in [5.74, 6) is 0.668. The van der Waals surface area contributed by atoms with E-state index in [-0.39, 0.29) is 12.1 Å². The number of alkyl halides is 6. The number of rotatable bonds is 6. The highest BCUT2D eigenvalue weighted by Gasteiger charge is 2.39. The summed E-state index contributed by atoms with van der Waals surface area (Å²) in [4.78, 5) is 12.5. The van der Waals surface area contributed by atoms with Gasteiger partial charge in [0.25, 0.3) is 0 Å². The van der Waals surface area contributed by atoms with E-state index in [0.717, 1.165) is 34.8 Å². The number of imidazole rings is 1. The van der Waals surface area contributed by atoms with Crippen LogP contribution in [0.2, 0.25) is 0 Å². The second kappa shape index (κ2) is 9.99. The predicted molar refractivity (Wildman–Crippen MR) is 131 cm³/mol. The van der Waals surface area contributed by atoms with Crippen LogP contribution in [0.15, 0.2) is 48.7 Å². The lowest BCUT2D eigenvalue weighted by atomic mass is 10.1. The molecule has 2 heterocycles. The molecule has 2 aromatic heterocycles. The van der Waals surface area contributed by atoms with Gasteiger partial charge in [-0.05, 0) is 43.5 Å². The maximum absolute atomic E-state index is 13.5. The number of allylic oxidation sites excluding steroid dienone is 3. The Balaban J connectivity index is 1.70. The van der Waals surface area contributed by atoms with Gasteiger partial charge in [0.2, 0.25) is 0 Å². The van der Waals surface area contributed by atoms with Gasteiger partial charge in [-0.25, -0.2) is 9.97 Å². The molecule has 0 aliphatic carbocycles. The van der Waals surface area contributed by atoms with Crippen LogP contribution in [0.25, 0.3) is 28.1 Å². The summed E-state index contributed by atoms with van der Waals surface area (Å²) < 4.78 is 82.6. The van der Waals surface area contributed by atoms with Gasteiger partial charge in [-0.1, -0.05) is 37.3 Å². The Morgan fingerprint density at radius 3 is 2.16 bits per heavy atom. The number of fused-ring (bicyclic) bond motifs is 2. The molecular weight excluding hydrogens is 494 g/mol. The Morgan fingerprint density at radius 2 is 1.51 bits per heavy atom. The molecular formula is C27H24F6N4. The average Bonchev–Trinajstić information content (AvgIpc) is 3.14. The van der Waals surface area contributed by atoms with E-state index in [1.54, 1.807) is 0 Å². The quantitative estimate of drug-likeness (QED) is 0.195. The zero-order valence-corrected chi connectivity index (χ0v) is 20.4. The molecule has 194 valence electrons. The van der Waals surface area contributed by atoms with E-state index < -0.39 is 34.5 Å². The maximum atomic E-state index is 13.5. The minimum absolute atomic E-state index is 0.144. The molecule has 2 aromatic carbocycles. The highest BCUT2D eigenvalue weighted by molar-refractivity contribution is 5.87. The van der Waals surface area contributed by atoms with E-state index in [1.807, 2.05) is 61.9 Å². The zero-order valence-electron chi connectivity index (χ0n) is 20.4. The monoisotopic (exact) mass is 518 g/mol. The molecule has 0 radical (unpaired) electrons. The molecule has 0 saturated carbocycles. The van der Waals surface area contributed by atoms with Gasteiger partial charge < -0.3 is 4.57 Å². The Hall–Kier alpha value is -3.69. The van der Waals surface area contributed by atoms with Crippen LogP contribution in [0.5, 0.6) is 0 Å². The Labute approximate surface area is 209 Å². The Morgan fingerprint density at radius 1 is 0.838 bits per heavy atom. The molecule has 37 heavy (non-hydrogen) atoms. The summed E-state index contributed by atoms with van der Waals surface area (Å²) in [5, 5.41) is 0. The lowest BCUT2D eigenvalue weighted by Gasteiger charge is -2.14. The van der Waals surface area contributed by atoms with Crippen LogP contribution < -0.4 is 0 Å². The van der Waals surface area contributed by atoms with Crippen LogP contribution in [0.4, 0.5) is 26.3 Å². The van der Waals surface area contributed by atoms with Gasteiger partial charge in [0.15, 0.2) is 0 Å². The molecule has 0 spiro atoms. The van der Waals surface area contributed by atoms with E-state index in [4.69, 9.17) is 4.98 Å². The van der Waals surface area contributed by atoms with E-state index in [2.05, 4.69) is 9.97 Å². The molecule has 0 saturated heterocycles. The summed E-state index contributed by atoms with van der Waals surface area (Å²) in [6.07, 6.45) is 0.649. The van der Waals surface area contributed by atoms with E-state index >= 15 is 0 Å². The van der Waals surface area contributed by atoms with E-state index in [0.29, 0.717) is 24.4 Å². The van der Waals surface area contributed by atoms with Crippen molar-refractivity contribution in [1.29, 1.82) is 0 Å². The fourth-order valence-corrected chi connectivity index (χ4v) is 4.18. The molecule has 0 unspecified atom stereocenters. The zero-order chi connectivity index (χ0) is 27.0. The first-order valence-electron chi connectivity index (χ1n) is 11.6. The van der Waals surface area contributed by atoms with E-state index in [9.17, 15) is 26.3 Å². The van der Waals surface area contributed by atoms with E-state index in [1.165, 1.54) is 0 Å². The molecule has 4 aromatic rings. The Kier molecular flexibility index (Phi) is 7.12. The highest BCUT2D eigenvalue weighted by Crippen LogP contribution is 2.39. The summed E-state index contributed by atoms with van der Waals surface area (Å²) in [5.41, 5.74) is -0.322. The molecule has 0 fully saturated rings. The molecule has 0 aliphatic rings. The molecule has 0 amide bonds. The number of hydrogen-bond acceptors (Lipinski definition) is 3. The summed E-state index contributed by atoms with van der Waals surface area (Å²) in [6.45, 7) is 4.02. The number of aryl methyl sites for hydroxylation is 4. The second-order valence-corrected chi connectivity index (χ2v) is 8.66. The first-order valence-corrected chi connectivity index (χ1v) is 11.6. The van der Waals surface area contributed by atoms with Gasteiger partial charge in [0, 0.05) is 25.2 Å². The fourth-order valence-electron chi connectivity index (χ4n) is 4.18. The van der Waals surface area contributed by atoms with Crippen molar-refractivity contribution in [2.24, 2.45) is 7.05 Å². The van der Waals surface area contributed by atoms with Crippen LogP contribution in [-0.4, -0.2) is 19.5 Å².